The molecule has 0 saturated carbocycles. The topological polar surface area (TPSA) is 65.0 Å². The molecule has 0 unspecified atom stereocenters. The van der Waals surface area contributed by atoms with Crippen molar-refractivity contribution in [1.82, 2.24) is 0 Å². The van der Waals surface area contributed by atoms with Crippen LogP contribution in [-0.2, 0) is 10.2 Å². The molecule has 2 aromatic rings. The molecule has 0 bridgehead atoms. The number of benzene rings is 2. The molecule has 0 amide bonds. The smallest absolute Gasteiger partial charge is 0.328 e. The van der Waals surface area contributed by atoms with Crippen LogP contribution in [0.4, 0.5) is 0 Å². The molecule has 5 heteroatoms. The van der Waals surface area contributed by atoms with Gasteiger partial charge < -0.3 is 19.3 Å². The van der Waals surface area contributed by atoms with E-state index in [2.05, 4.69) is 32.9 Å². The maximum atomic E-state index is 10.6. The lowest BCUT2D eigenvalue weighted by molar-refractivity contribution is -0.131. The molecule has 0 aromatic heterocycles. The highest BCUT2D eigenvalue weighted by atomic mass is 16.5. The second kappa shape index (κ2) is 9.12. The molecule has 0 fully saturated rings. The van der Waals surface area contributed by atoms with Gasteiger partial charge in [0.2, 0.25) is 0 Å². The van der Waals surface area contributed by atoms with Gasteiger partial charge in [-0.05, 0) is 46.9 Å². The first-order valence-electron chi connectivity index (χ1n) is 8.75. The van der Waals surface area contributed by atoms with Crippen molar-refractivity contribution in [3.8, 4) is 17.2 Å². The van der Waals surface area contributed by atoms with Crippen LogP contribution in [0.5, 0.6) is 17.2 Å². The summed E-state index contributed by atoms with van der Waals surface area (Å²) in [5.41, 5.74) is 2.09. The SMILES string of the molecule is COc1cc(C=CC(=O)O)ccc1OCCOc1ccc(C(C)(C)C)cc1. The number of aliphatic carboxylic acids is 1. The van der Waals surface area contributed by atoms with Gasteiger partial charge in [0.05, 0.1) is 7.11 Å². The highest BCUT2D eigenvalue weighted by Crippen LogP contribution is 2.28. The first-order valence-corrected chi connectivity index (χ1v) is 8.75. The Bertz CT molecular complexity index is 785. The Balaban J connectivity index is 1.88. The van der Waals surface area contributed by atoms with Gasteiger partial charge in [-0.3, -0.25) is 0 Å². The van der Waals surface area contributed by atoms with Crippen LogP contribution in [0, 0.1) is 0 Å². The van der Waals surface area contributed by atoms with E-state index in [0.29, 0.717) is 24.7 Å². The van der Waals surface area contributed by atoms with E-state index in [9.17, 15) is 4.79 Å². The van der Waals surface area contributed by atoms with Crippen LogP contribution in [0.2, 0.25) is 0 Å². The molecule has 144 valence electrons. The molecule has 2 aromatic carbocycles. The van der Waals surface area contributed by atoms with Crippen molar-refractivity contribution in [3.63, 3.8) is 0 Å². The second-order valence-corrected chi connectivity index (χ2v) is 7.05. The zero-order valence-corrected chi connectivity index (χ0v) is 16.2. The van der Waals surface area contributed by atoms with Crippen LogP contribution in [-0.4, -0.2) is 31.4 Å². The molecule has 0 spiro atoms. The third-order valence-electron chi connectivity index (χ3n) is 3.94. The largest absolute Gasteiger partial charge is 0.493 e. The molecule has 0 aliphatic carbocycles. The molecule has 2 rings (SSSR count). The summed E-state index contributed by atoms with van der Waals surface area (Å²) in [6, 6.07) is 13.3. The van der Waals surface area contributed by atoms with E-state index in [1.807, 2.05) is 12.1 Å². The summed E-state index contributed by atoms with van der Waals surface area (Å²) in [5.74, 6) is 0.920. The normalized spacial score (nSPS) is 11.4. The van der Waals surface area contributed by atoms with Crippen molar-refractivity contribution < 1.29 is 24.1 Å². The molecular weight excluding hydrogens is 344 g/mol. The Kier molecular flexibility index (Phi) is 6.88. The number of hydrogen-bond donors (Lipinski definition) is 1. The van der Waals surface area contributed by atoms with Crippen molar-refractivity contribution in [2.24, 2.45) is 0 Å². The van der Waals surface area contributed by atoms with E-state index >= 15 is 0 Å². The van der Waals surface area contributed by atoms with E-state index in [1.54, 1.807) is 25.3 Å². The van der Waals surface area contributed by atoms with E-state index in [1.165, 1.54) is 11.6 Å². The zero-order valence-electron chi connectivity index (χ0n) is 16.2. The summed E-state index contributed by atoms with van der Waals surface area (Å²) >= 11 is 0. The van der Waals surface area contributed by atoms with E-state index < -0.39 is 5.97 Å². The first kappa shape index (κ1) is 20.4. The Morgan fingerprint density at radius 3 is 2.26 bits per heavy atom. The fraction of sp³-hybridized carbons (Fsp3) is 0.318. The van der Waals surface area contributed by atoms with E-state index in [4.69, 9.17) is 19.3 Å². The number of carboxylic acids is 1. The lowest BCUT2D eigenvalue weighted by atomic mass is 9.87. The summed E-state index contributed by atoms with van der Waals surface area (Å²) in [4.78, 5) is 10.6. The van der Waals surface area contributed by atoms with Gasteiger partial charge in [-0.15, -0.1) is 0 Å². The number of methoxy groups -OCH3 is 1. The van der Waals surface area contributed by atoms with Crippen molar-refractivity contribution in [1.29, 1.82) is 0 Å². The quantitative estimate of drug-likeness (QED) is 0.545. The van der Waals surface area contributed by atoms with Crippen LogP contribution in [0.1, 0.15) is 31.9 Å². The Morgan fingerprint density at radius 2 is 1.67 bits per heavy atom. The molecule has 0 saturated heterocycles. The summed E-state index contributed by atoms with van der Waals surface area (Å²) < 4.78 is 16.7. The fourth-order valence-corrected chi connectivity index (χ4v) is 2.44. The lowest BCUT2D eigenvalue weighted by Crippen LogP contribution is -2.11. The number of ether oxygens (including phenoxy) is 3. The van der Waals surface area contributed by atoms with Crippen LogP contribution < -0.4 is 14.2 Å². The van der Waals surface area contributed by atoms with Crippen molar-refractivity contribution in [3.05, 3.63) is 59.7 Å². The Hall–Kier alpha value is -2.95. The maximum Gasteiger partial charge on any atom is 0.328 e. The summed E-state index contributed by atoms with van der Waals surface area (Å²) in [6.07, 6.45) is 2.58. The molecule has 0 aliphatic heterocycles. The van der Waals surface area contributed by atoms with Gasteiger partial charge in [0.25, 0.3) is 0 Å². The number of rotatable bonds is 8. The maximum absolute atomic E-state index is 10.6. The molecule has 0 heterocycles. The second-order valence-electron chi connectivity index (χ2n) is 7.05. The lowest BCUT2D eigenvalue weighted by Gasteiger charge is -2.19. The van der Waals surface area contributed by atoms with E-state index in [-0.39, 0.29) is 5.41 Å². The molecule has 0 atom stereocenters. The van der Waals surface area contributed by atoms with Crippen LogP contribution in [0.25, 0.3) is 6.08 Å². The minimum absolute atomic E-state index is 0.115. The fourth-order valence-electron chi connectivity index (χ4n) is 2.44. The predicted molar refractivity (Wildman–Crippen MR) is 106 cm³/mol. The molecule has 5 nitrogen and oxygen atoms in total. The standard InChI is InChI=1S/C22H26O5/c1-22(2,3)17-7-9-18(10-8-17)26-13-14-27-19-11-5-16(6-12-21(23)24)15-20(19)25-4/h5-12,15H,13-14H2,1-4H3,(H,23,24). The Morgan fingerprint density at radius 1 is 1.00 bits per heavy atom. The van der Waals surface area contributed by atoms with Gasteiger partial charge in [0, 0.05) is 6.08 Å². The highest BCUT2D eigenvalue weighted by molar-refractivity contribution is 5.85. The molecule has 0 aliphatic rings. The first-order chi connectivity index (χ1) is 12.8. The van der Waals surface area contributed by atoms with Crippen molar-refractivity contribution in [2.75, 3.05) is 20.3 Å². The van der Waals surface area contributed by atoms with Crippen LogP contribution in [0.15, 0.2) is 48.5 Å². The van der Waals surface area contributed by atoms with Crippen LogP contribution in [0.3, 0.4) is 0 Å². The number of carbonyl (C=O) groups is 1. The minimum atomic E-state index is -0.998. The molecule has 27 heavy (non-hydrogen) atoms. The third-order valence-corrected chi connectivity index (χ3v) is 3.94. The average molecular weight is 370 g/mol. The van der Waals surface area contributed by atoms with E-state index in [0.717, 1.165) is 17.4 Å². The van der Waals surface area contributed by atoms with Gasteiger partial charge in [-0.25, -0.2) is 4.79 Å². The van der Waals surface area contributed by atoms with Crippen molar-refractivity contribution >= 4 is 12.0 Å². The van der Waals surface area contributed by atoms with Crippen LogP contribution >= 0.6 is 0 Å². The van der Waals surface area contributed by atoms with Gasteiger partial charge in [-0.2, -0.15) is 0 Å². The van der Waals surface area contributed by atoms with Crippen molar-refractivity contribution in [2.45, 2.75) is 26.2 Å². The summed E-state index contributed by atoms with van der Waals surface area (Å²) in [6.45, 7) is 7.28. The minimum Gasteiger partial charge on any atom is -0.493 e. The predicted octanol–water partition coefficient (Wildman–Crippen LogP) is 4.55. The number of carboxylic acid groups (broad SMARTS) is 1. The number of hydrogen-bond acceptors (Lipinski definition) is 4. The molecule has 0 radical (unpaired) electrons. The van der Waals surface area contributed by atoms with Gasteiger partial charge >= 0.3 is 5.97 Å². The monoisotopic (exact) mass is 370 g/mol. The van der Waals surface area contributed by atoms with Gasteiger partial charge in [0.1, 0.15) is 19.0 Å². The van der Waals surface area contributed by atoms with Gasteiger partial charge in [0.15, 0.2) is 11.5 Å². The molecular formula is C22H26O5. The average Bonchev–Trinajstić information content (AvgIpc) is 2.63. The Labute approximate surface area is 160 Å². The summed E-state index contributed by atoms with van der Waals surface area (Å²) in [5, 5.41) is 8.69. The van der Waals surface area contributed by atoms with Gasteiger partial charge in [-0.1, -0.05) is 39.0 Å². The third kappa shape index (κ3) is 6.37. The zero-order chi connectivity index (χ0) is 19.9. The highest BCUT2D eigenvalue weighted by Gasteiger charge is 2.13. The molecule has 1 N–H and O–H groups in total. The summed E-state index contributed by atoms with van der Waals surface area (Å²) in [7, 11) is 1.54.